The van der Waals surface area contributed by atoms with Crippen LogP contribution < -0.4 is 14.8 Å². The largest absolute Gasteiger partial charge is 0.496 e. The van der Waals surface area contributed by atoms with E-state index in [9.17, 15) is 18.0 Å². The molecule has 1 aliphatic heterocycles. The number of hydrogen-bond acceptors (Lipinski definition) is 6. The van der Waals surface area contributed by atoms with Crippen LogP contribution in [0.2, 0.25) is 5.02 Å². The maximum atomic E-state index is 13.4. The normalized spacial score (nSPS) is 17.2. The fourth-order valence-corrected chi connectivity index (χ4v) is 5.28. The number of nitrogens with zero attached hydrogens (tertiary/aromatic N) is 1. The zero-order valence-electron chi connectivity index (χ0n) is 17.3. The molecule has 0 radical (unpaired) electrons. The average Bonchev–Trinajstić information content (AvgIpc) is 2.87. The second-order valence-electron chi connectivity index (χ2n) is 7.17. The van der Waals surface area contributed by atoms with E-state index in [1.165, 1.54) is 26.4 Å². The quantitative estimate of drug-likeness (QED) is 0.700. The van der Waals surface area contributed by atoms with Gasteiger partial charge in [-0.25, -0.2) is 12.7 Å². The lowest BCUT2D eigenvalue weighted by Gasteiger charge is -2.24. The Balaban J connectivity index is 2.01. The molecule has 1 aliphatic rings. The van der Waals surface area contributed by atoms with Crippen LogP contribution in [0.5, 0.6) is 11.5 Å². The summed E-state index contributed by atoms with van der Waals surface area (Å²) in [6, 6.07) is 9.61. The number of sulfonamides is 1. The molecule has 0 spiro atoms. The van der Waals surface area contributed by atoms with Gasteiger partial charge in [-0.1, -0.05) is 17.7 Å². The number of methoxy groups -OCH3 is 2. The molecule has 1 atom stereocenters. The summed E-state index contributed by atoms with van der Waals surface area (Å²) in [4.78, 5) is 25.4. The van der Waals surface area contributed by atoms with Crippen LogP contribution >= 0.6 is 11.6 Å². The topological polar surface area (TPSA) is 102 Å². The highest BCUT2D eigenvalue weighted by Crippen LogP contribution is 2.31. The molecule has 1 unspecified atom stereocenters. The van der Waals surface area contributed by atoms with E-state index >= 15 is 0 Å². The number of carbonyl (C=O) groups excluding carboxylic acids is 2. The molecule has 10 heteroatoms. The summed E-state index contributed by atoms with van der Waals surface area (Å²) in [7, 11) is -1.51. The summed E-state index contributed by atoms with van der Waals surface area (Å²) in [5, 5.41) is 3.07. The number of ether oxygens (including phenoxy) is 2. The Morgan fingerprint density at radius 3 is 2.45 bits per heavy atom. The average molecular weight is 467 g/mol. The smallest absolute Gasteiger partial charge is 0.270 e. The van der Waals surface area contributed by atoms with Gasteiger partial charge >= 0.3 is 0 Å². The zero-order chi connectivity index (χ0) is 22.8. The highest BCUT2D eigenvalue weighted by molar-refractivity contribution is 7.89. The highest BCUT2D eigenvalue weighted by atomic mass is 35.5. The number of aryl methyl sites for hydroxylation is 1. The van der Waals surface area contributed by atoms with Crippen molar-refractivity contribution < 1.29 is 27.5 Å². The predicted molar refractivity (Wildman–Crippen MR) is 115 cm³/mol. The van der Waals surface area contributed by atoms with E-state index in [0.717, 1.165) is 0 Å². The van der Waals surface area contributed by atoms with Gasteiger partial charge in [-0.2, -0.15) is 0 Å². The number of nitrogens with one attached hydrogen (secondary N) is 1. The van der Waals surface area contributed by atoms with Crippen LogP contribution in [0.25, 0.3) is 0 Å². The molecule has 3 rings (SSSR count). The lowest BCUT2D eigenvalue weighted by molar-refractivity contribution is -0.131. The van der Waals surface area contributed by atoms with Crippen LogP contribution in [0, 0.1) is 12.8 Å². The van der Waals surface area contributed by atoms with Gasteiger partial charge in [-0.15, -0.1) is 0 Å². The van der Waals surface area contributed by atoms with Crippen molar-refractivity contribution >= 4 is 33.4 Å². The van der Waals surface area contributed by atoms with Crippen LogP contribution in [-0.2, 0) is 26.0 Å². The molecule has 8 nitrogen and oxygen atoms in total. The second-order valence-corrected chi connectivity index (χ2v) is 9.43. The van der Waals surface area contributed by atoms with Crippen LogP contribution in [0.1, 0.15) is 11.1 Å². The number of carbonyl (C=O) groups is 2. The number of hydrogen-bond donors (Lipinski definition) is 1. The molecule has 2 aromatic carbocycles. The van der Waals surface area contributed by atoms with E-state index in [1.54, 1.807) is 31.2 Å². The van der Waals surface area contributed by atoms with Gasteiger partial charge in [0.2, 0.25) is 11.8 Å². The number of rotatable bonds is 6. The van der Waals surface area contributed by atoms with Crippen molar-refractivity contribution in [3.8, 4) is 11.5 Å². The van der Waals surface area contributed by atoms with Gasteiger partial charge in [0.25, 0.3) is 10.0 Å². The standard InChI is InChI=1S/C21H23ClN2O6S/c1-13-4-6-18(30-3)19(8-13)31(27,28)24-12-20(25)23-11-15(21(24)26)9-14-10-16(22)5-7-17(14)29-2/h4-8,10,15H,9,11-12H2,1-3H3,(H,23,25). The van der Waals surface area contributed by atoms with Crippen molar-refractivity contribution in [3.05, 3.63) is 52.5 Å². The molecule has 0 aromatic heterocycles. The highest BCUT2D eigenvalue weighted by Gasteiger charge is 2.39. The van der Waals surface area contributed by atoms with E-state index in [4.69, 9.17) is 21.1 Å². The van der Waals surface area contributed by atoms with Gasteiger partial charge in [-0.3, -0.25) is 9.59 Å². The molecule has 0 bridgehead atoms. The minimum atomic E-state index is -4.34. The molecular formula is C21H23ClN2O6S. The summed E-state index contributed by atoms with van der Waals surface area (Å²) >= 11 is 6.08. The van der Waals surface area contributed by atoms with Crippen molar-refractivity contribution in [1.82, 2.24) is 9.62 Å². The maximum absolute atomic E-state index is 13.4. The molecule has 1 fully saturated rings. The van der Waals surface area contributed by atoms with Gasteiger partial charge in [-0.05, 0) is 54.8 Å². The Morgan fingerprint density at radius 1 is 1.10 bits per heavy atom. The third kappa shape index (κ3) is 4.77. The Labute approximate surface area is 186 Å². The molecule has 166 valence electrons. The molecular weight excluding hydrogens is 444 g/mol. The minimum absolute atomic E-state index is 0.00962. The van der Waals surface area contributed by atoms with Gasteiger partial charge in [0, 0.05) is 11.6 Å². The summed E-state index contributed by atoms with van der Waals surface area (Å²) in [5.74, 6) is -1.48. The van der Waals surface area contributed by atoms with E-state index < -0.39 is 34.3 Å². The van der Waals surface area contributed by atoms with Crippen molar-refractivity contribution in [2.45, 2.75) is 18.2 Å². The monoisotopic (exact) mass is 466 g/mol. The first-order valence-corrected chi connectivity index (χ1v) is 11.3. The molecule has 31 heavy (non-hydrogen) atoms. The third-order valence-electron chi connectivity index (χ3n) is 5.02. The van der Waals surface area contributed by atoms with Crippen molar-refractivity contribution in [1.29, 1.82) is 0 Å². The molecule has 0 aliphatic carbocycles. The molecule has 1 saturated heterocycles. The van der Waals surface area contributed by atoms with Crippen molar-refractivity contribution in [2.24, 2.45) is 5.92 Å². The first-order valence-electron chi connectivity index (χ1n) is 9.47. The van der Waals surface area contributed by atoms with Gasteiger partial charge in [0.05, 0.1) is 20.1 Å². The first kappa shape index (κ1) is 22.9. The SMILES string of the molecule is COc1ccc(Cl)cc1CC1CNC(=O)CN(S(=O)(=O)c2cc(C)ccc2OC)C1=O. The van der Waals surface area contributed by atoms with Gasteiger partial charge < -0.3 is 14.8 Å². The number of amides is 2. The summed E-state index contributed by atoms with van der Waals surface area (Å²) in [6.45, 7) is 1.11. The molecule has 2 amide bonds. The van der Waals surface area contributed by atoms with Crippen molar-refractivity contribution in [2.75, 3.05) is 27.3 Å². The van der Waals surface area contributed by atoms with Crippen LogP contribution in [0.3, 0.4) is 0 Å². The maximum Gasteiger partial charge on any atom is 0.270 e. The second kappa shape index (κ2) is 9.15. The first-order chi connectivity index (χ1) is 14.7. The Hall–Kier alpha value is -2.78. The molecule has 1 N–H and O–H groups in total. The molecule has 1 heterocycles. The molecule has 0 saturated carbocycles. The van der Waals surface area contributed by atoms with E-state index in [1.807, 2.05) is 0 Å². The third-order valence-corrected chi connectivity index (χ3v) is 7.02. The number of halogens is 1. The van der Waals surface area contributed by atoms with E-state index in [0.29, 0.717) is 26.2 Å². The fourth-order valence-electron chi connectivity index (χ4n) is 3.43. The van der Waals surface area contributed by atoms with Crippen molar-refractivity contribution in [3.63, 3.8) is 0 Å². The summed E-state index contributed by atoms with van der Waals surface area (Å²) in [5.41, 5.74) is 1.31. The number of benzene rings is 2. The van der Waals surface area contributed by atoms with Crippen LogP contribution in [0.4, 0.5) is 0 Å². The lowest BCUT2D eigenvalue weighted by atomic mass is 9.98. The van der Waals surface area contributed by atoms with E-state index in [-0.39, 0.29) is 23.6 Å². The van der Waals surface area contributed by atoms with Crippen LogP contribution in [-0.4, -0.2) is 51.8 Å². The fraction of sp³-hybridized carbons (Fsp3) is 0.333. The molecule has 2 aromatic rings. The Kier molecular flexibility index (Phi) is 6.76. The van der Waals surface area contributed by atoms with Gasteiger partial charge in [0.15, 0.2) is 0 Å². The lowest BCUT2D eigenvalue weighted by Crippen LogP contribution is -2.42. The summed E-state index contributed by atoms with van der Waals surface area (Å²) in [6.07, 6.45) is 0.139. The Morgan fingerprint density at radius 2 is 1.77 bits per heavy atom. The van der Waals surface area contributed by atoms with Crippen LogP contribution in [0.15, 0.2) is 41.3 Å². The Bertz CT molecular complexity index is 1120. The zero-order valence-corrected chi connectivity index (χ0v) is 18.9. The predicted octanol–water partition coefficient (Wildman–Crippen LogP) is 2.17. The van der Waals surface area contributed by atoms with Gasteiger partial charge in [0.1, 0.15) is 22.9 Å². The minimum Gasteiger partial charge on any atom is -0.496 e. The summed E-state index contributed by atoms with van der Waals surface area (Å²) < 4.78 is 37.9. The van der Waals surface area contributed by atoms with E-state index in [2.05, 4.69) is 5.32 Å².